The maximum absolute atomic E-state index is 12.1. The molecule has 1 saturated heterocycles. The number of aromatic nitrogens is 1. The van der Waals surface area contributed by atoms with E-state index in [-0.39, 0.29) is 5.91 Å². The van der Waals surface area contributed by atoms with Crippen LogP contribution < -0.4 is 5.32 Å². The second kappa shape index (κ2) is 6.75. The predicted molar refractivity (Wildman–Crippen MR) is 74.4 cm³/mol. The van der Waals surface area contributed by atoms with Gasteiger partial charge in [0.1, 0.15) is 0 Å². The summed E-state index contributed by atoms with van der Waals surface area (Å²) in [4.78, 5) is 17.9. The summed E-state index contributed by atoms with van der Waals surface area (Å²) in [7, 11) is 1.85. The van der Waals surface area contributed by atoms with Gasteiger partial charge in [-0.3, -0.25) is 9.78 Å². The van der Waals surface area contributed by atoms with Crippen molar-refractivity contribution >= 4 is 17.7 Å². The Hall–Kier alpha value is -1.07. The summed E-state index contributed by atoms with van der Waals surface area (Å²) < 4.78 is 0. The third-order valence-corrected chi connectivity index (χ3v) is 4.12. The molecule has 1 aromatic heterocycles. The van der Waals surface area contributed by atoms with E-state index in [1.165, 1.54) is 0 Å². The van der Waals surface area contributed by atoms with Crippen LogP contribution in [0.25, 0.3) is 0 Å². The van der Waals surface area contributed by atoms with Crippen LogP contribution in [0.3, 0.4) is 0 Å². The van der Waals surface area contributed by atoms with Gasteiger partial charge in [-0.15, -0.1) is 0 Å². The number of nitrogens with one attached hydrogen (secondary N) is 1. The van der Waals surface area contributed by atoms with Gasteiger partial charge in [-0.1, -0.05) is 6.07 Å². The molecule has 1 amide bonds. The number of nitrogens with zero attached hydrogens (tertiary/aromatic N) is 2. The van der Waals surface area contributed by atoms with E-state index in [0.717, 1.165) is 23.6 Å². The lowest BCUT2D eigenvalue weighted by Gasteiger charge is -2.25. The quantitative estimate of drug-likeness (QED) is 0.886. The Balaban J connectivity index is 1.81. The average Bonchev–Trinajstić information content (AvgIpc) is 2.41. The summed E-state index contributed by atoms with van der Waals surface area (Å²) in [6.45, 7) is 1.64. The number of carbonyl (C=O) groups is 1. The summed E-state index contributed by atoms with van der Waals surface area (Å²) in [6, 6.07) is 4.21. The summed E-state index contributed by atoms with van der Waals surface area (Å²) in [5, 5.41) is 3.39. The van der Waals surface area contributed by atoms with Crippen LogP contribution in [0, 0.1) is 0 Å². The Morgan fingerprint density at radius 2 is 2.56 bits per heavy atom. The molecule has 2 rings (SSSR count). The van der Waals surface area contributed by atoms with Crippen molar-refractivity contribution in [2.45, 2.75) is 19.0 Å². The van der Waals surface area contributed by atoms with Crippen LogP contribution in [0.2, 0.25) is 0 Å². The lowest BCUT2D eigenvalue weighted by molar-refractivity contribution is -0.130. The van der Waals surface area contributed by atoms with Crippen molar-refractivity contribution in [1.82, 2.24) is 15.2 Å². The molecule has 1 aromatic rings. The summed E-state index contributed by atoms with van der Waals surface area (Å²) in [5.41, 5.74) is 1.07. The first kappa shape index (κ1) is 13.4. The van der Waals surface area contributed by atoms with Gasteiger partial charge in [-0.2, -0.15) is 11.8 Å². The van der Waals surface area contributed by atoms with Crippen LogP contribution in [-0.2, 0) is 11.3 Å². The molecule has 0 aliphatic carbocycles. The van der Waals surface area contributed by atoms with Crippen LogP contribution in [0.15, 0.2) is 24.5 Å². The third-order valence-electron chi connectivity index (χ3n) is 2.99. The van der Waals surface area contributed by atoms with E-state index in [1.807, 2.05) is 30.9 Å². The first-order valence-corrected chi connectivity index (χ1v) is 7.35. The molecule has 0 radical (unpaired) electrons. The van der Waals surface area contributed by atoms with E-state index in [9.17, 15) is 4.79 Å². The fourth-order valence-corrected chi connectivity index (χ4v) is 2.92. The molecule has 1 aliphatic rings. The molecular weight excluding hydrogens is 246 g/mol. The molecular formula is C13H19N3OS. The Morgan fingerprint density at radius 3 is 3.22 bits per heavy atom. The highest BCUT2D eigenvalue weighted by Crippen LogP contribution is 2.12. The monoisotopic (exact) mass is 265 g/mol. The second-order valence-electron chi connectivity index (χ2n) is 4.54. The van der Waals surface area contributed by atoms with E-state index >= 15 is 0 Å². The molecule has 98 valence electrons. The predicted octanol–water partition coefficient (Wildman–Crippen LogP) is 1.14. The maximum atomic E-state index is 12.1. The van der Waals surface area contributed by atoms with E-state index < -0.39 is 0 Å². The average molecular weight is 265 g/mol. The van der Waals surface area contributed by atoms with E-state index in [4.69, 9.17) is 0 Å². The molecule has 1 fully saturated rings. The third kappa shape index (κ3) is 3.99. The van der Waals surface area contributed by atoms with Gasteiger partial charge >= 0.3 is 0 Å². The van der Waals surface area contributed by atoms with E-state index in [2.05, 4.69) is 10.3 Å². The highest BCUT2D eigenvalue weighted by Gasteiger charge is 2.19. The molecule has 0 bridgehead atoms. The minimum atomic E-state index is 0.193. The molecule has 0 saturated carbocycles. The molecule has 1 unspecified atom stereocenters. The molecule has 18 heavy (non-hydrogen) atoms. The first-order chi connectivity index (χ1) is 8.75. The summed E-state index contributed by atoms with van der Waals surface area (Å²) >= 11 is 1.92. The largest absolute Gasteiger partial charge is 0.341 e. The van der Waals surface area contributed by atoms with Crippen LogP contribution in [0.1, 0.15) is 12.0 Å². The molecule has 1 aliphatic heterocycles. The van der Waals surface area contributed by atoms with E-state index in [1.54, 1.807) is 17.3 Å². The first-order valence-electron chi connectivity index (χ1n) is 6.19. The van der Waals surface area contributed by atoms with Gasteiger partial charge in [0.2, 0.25) is 5.91 Å². The minimum absolute atomic E-state index is 0.193. The maximum Gasteiger partial charge on any atom is 0.224 e. The number of hydrogen-bond acceptors (Lipinski definition) is 4. The van der Waals surface area contributed by atoms with Crippen molar-refractivity contribution in [3.63, 3.8) is 0 Å². The van der Waals surface area contributed by atoms with Crippen LogP contribution in [0.5, 0.6) is 0 Å². The molecule has 1 N–H and O–H groups in total. The second-order valence-corrected chi connectivity index (χ2v) is 5.69. The Kier molecular flexibility index (Phi) is 5.01. The SMILES string of the molecule is CN(Cc1cccnc1)C(=O)CC1CSCCN1. The fourth-order valence-electron chi connectivity index (χ4n) is 1.97. The lowest BCUT2D eigenvalue weighted by Crippen LogP contribution is -2.41. The van der Waals surface area contributed by atoms with Crippen LogP contribution in [0.4, 0.5) is 0 Å². The lowest BCUT2D eigenvalue weighted by atomic mass is 10.2. The molecule has 4 nitrogen and oxygen atoms in total. The van der Waals surface area contributed by atoms with Crippen molar-refractivity contribution in [3.8, 4) is 0 Å². The summed E-state index contributed by atoms with van der Waals surface area (Å²) in [5.74, 6) is 2.38. The van der Waals surface area contributed by atoms with Crippen LogP contribution in [-0.4, -0.2) is 46.9 Å². The Bertz CT molecular complexity index is 379. The van der Waals surface area contributed by atoms with Crippen molar-refractivity contribution in [2.24, 2.45) is 0 Å². The zero-order valence-corrected chi connectivity index (χ0v) is 11.4. The molecule has 2 heterocycles. The van der Waals surface area contributed by atoms with Gasteiger partial charge in [0.15, 0.2) is 0 Å². The zero-order chi connectivity index (χ0) is 12.8. The standard InChI is InChI=1S/C13H19N3OS/c1-16(9-11-3-2-4-14-8-11)13(17)7-12-10-18-6-5-15-12/h2-4,8,12,15H,5-7,9-10H2,1H3. The fraction of sp³-hybridized carbons (Fsp3) is 0.538. The normalized spacial score (nSPS) is 19.5. The number of rotatable bonds is 4. The van der Waals surface area contributed by atoms with Gasteiger partial charge in [0.25, 0.3) is 0 Å². The molecule has 5 heteroatoms. The van der Waals surface area contributed by atoms with Crippen molar-refractivity contribution in [1.29, 1.82) is 0 Å². The number of amides is 1. The molecule has 1 atom stereocenters. The smallest absolute Gasteiger partial charge is 0.224 e. The number of thioether (sulfide) groups is 1. The van der Waals surface area contributed by atoms with Crippen molar-refractivity contribution in [2.75, 3.05) is 25.1 Å². The van der Waals surface area contributed by atoms with Gasteiger partial charge in [0, 0.05) is 56.5 Å². The Labute approximate surface area is 112 Å². The van der Waals surface area contributed by atoms with Gasteiger partial charge in [-0.05, 0) is 11.6 Å². The van der Waals surface area contributed by atoms with Gasteiger partial charge in [0.05, 0.1) is 0 Å². The highest BCUT2D eigenvalue weighted by atomic mass is 32.2. The summed E-state index contributed by atoms with van der Waals surface area (Å²) in [6.07, 6.45) is 4.14. The van der Waals surface area contributed by atoms with Crippen molar-refractivity contribution in [3.05, 3.63) is 30.1 Å². The topological polar surface area (TPSA) is 45.2 Å². The molecule has 0 spiro atoms. The zero-order valence-electron chi connectivity index (χ0n) is 10.6. The minimum Gasteiger partial charge on any atom is -0.341 e. The van der Waals surface area contributed by atoms with Crippen molar-refractivity contribution < 1.29 is 4.79 Å². The number of pyridine rings is 1. The molecule has 0 aromatic carbocycles. The highest BCUT2D eigenvalue weighted by molar-refractivity contribution is 7.99. The van der Waals surface area contributed by atoms with Gasteiger partial charge in [-0.25, -0.2) is 0 Å². The van der Waals surface area contributed by atoms with E-state index in [0.29, 0.717) is 19.0 Å². The number of hydrogen-bond donors (Lipinski definition) is 1. The van der Waals surface area contributed by atoms with Crippen LogP contribution >= 0.6 is 11.8 Å². The Morgan fingerprint density at radius 1 is 1.67 bits per heavy atom. The van der Waals surface area contributed by atoms with Gasteiger partial charge < -0.3 is 10.2 Å². The number of carbonyl (C=O) groups excluding carboxylic acids is 1.